The Morgan fingerprint density at radius 3 is 1.73 bits per heavy atom. The molecule has 0 radical (unpaired) electrons. The van der Waals surface area contributed by atoms with Gasteiger partial charge in [0.15, 0.2) is 6.04 Å². The minimum Gasteiger partial charge on any atom is -0.362 e. The quantitative estimate of drug-likeness (QED) is 0.421. The number of hydrogen-bond donors (Lipinski definition) is 3. The zero-order chi connectivity index (χ0) is 11.1. The van der Waals surface area contributed by atoms with Crippen molar-refractivity contribution in [3.8, 4) is 0 Å². The molecule has 0 unspecified atom stereocenters. The van der Waals surface area contributed by atoms with Gasteiger partial charge in [-0.1, -0.05) is 0 Å². The van der Waals surface area contributed by atoms with Crippen molar-refractivity contribution in [2.45, 2.75) is 13.0 Å². The van der Waals surface area contributed by atoms with Crippen molar-refractivity contribution < 1.29 is 47.1 Å². The molecule has 6 nitrogen and oxygen atoms in total. The maximum absolute atomic E-state index is 11.2. The summed E-state index contributed by atoms with van der Waals surface area (Å²) in [6.45, 7) is 1.51. The third-order valence-corrected chi connectivity index (χ3v) is 1.57. The molecule has 0 bridgehead atoms. The molecule has 15 heavy (non-hydrogen) atoms. The van der Waals surface area contributed by atoms with Gasteiger partial charge in [0, 0.05) is 14.1 Å². The van der Waals surface area contributed by atoms with Crippen LogP contribution >= 0.6 is 0 Å². The molecule has 0 saturated heterocycles. The van der Waals surface area contributed by atoms with Gasteiger partial charge in [0.1, 0.15) is 0 Å². The Morgan fingerprint density at radius 2 is 1.47 bits per heavy atom. The van der Waals surface area contributed by atoms with E-state index in [1.807, 2.05) is 0 Å². The molecule has 0 spiro atoms. The van der Waals surface area contributed by atoms with Gasteiger partial charge in [0.2, 0.25) is 0 Å². The largest absolute Gasteiger partial charge is 3.00 e. The third-order valence-electron chi connectivity index (χ3n) is 1.57. The summed E-state index contributed by atoms with van der Waals surface area (Å²) < 4.78 is 0. The second-order valence-electron chi connectivity index (χ2n) is 2.46. The van der Waals surface area contributed by atoms with E-state index < -0.39 is 23.8 Å². The van der Waals surface area contributed by atoms with Crippen molar-refractivity contribution in [2.75, 3.05) is 14.1 Å². The maximum atomic E-state index is 11.2. The van der Waals surface area contributed by atoms with E-state index in [4.69, 9.17) is 0 Å². The zero-order valence-corrected chi connectivity index (χ0v) is 11.8. The first kappa shape index (κ1) is 16.8. The molecule has 0 rings (SSSR count). The van der Waals surface area contributed by atoms with Crippen LogP contribution in [0.1, 0.15) is 6.92 Å². The molecule has 0 aliphatic heterocycles. The molecule has 0 aliphatic carbocycles. The summed E-state index contributed by atoms with van der Waals surface area (Å²) in [5.74, 6) is -1.58. The molecule has 80 valence electrons. The average Bonchev–Trinajstić information content (AvgIpc) is 2.23. The first-order valence-electron chi connectivity index (χ1n) is 4.09. The first-order chi connectivity index (χ1) is 6.56. The monoisotopic (exact) mass is 289 g/mol. The van der Waals surface area contributed by atoms with E-state index in [1.54, 1.807) is 0 Å². The summed E-state index contributed by atoms with van der Waals surface area (Å²) in [6, 6.07) is -1.19. The van der Waals surface area contributed by atoms with Crippen molar-refractivity contribution in [3.63, 3.8) is 0 Å². The summed E-state index contributed by atoms with van der Waals surface area (Å²) in [7, 11) is 2.78. The van der Waals surface area contributed by atoms with Crippen LogP contribution in [0.15, 0.2) is 0 Å². The Morgan fingerprint density at radius 1 is 1.07 bits per heavy atom. The molecule has 0 aromatic carbocycles. The maximum Gasteiger partial charge on any atom is 3.00 e. The predicted octanol–water partition coefficient (Wildman–Crippen LogP) is -1.82. The van der Waals surface area contributed by atoms with Gasteiger partial charge in [-0.05, 0) is 0 Å². The zero-order valence-electron chi connectivity index (χ0n) is 8.96. The third kappa shape index (κ3) is 5.74. The molecule has 0 fully saturated rings. The van der Waals surface area contributed by atoms with Gasteiger partial charge >= 0.3 is 32.7 Å². The van der Waals surface area contributed by atoms with E-state index >= 15 is 0 Å². The summed E-state index contributed by atoms with van der Waals surface area (Å²) in [6.07, 6.45) is 1.24. The molecular formula is C8H14N3O3Y+2. The van der Waals surface area contributed by atoms with Crippen LogP contribution in [0.5, 0.6) is 0 Å². The van der Waals surface area contributed by atoms with Crippen molar-refractivity contribution >= 4 is 17.7 Å². The molecule has 3 amide bonds. The van der Waals surface area contributed by atoms with Gasteiger partial charge < -0.3 is 27.2 Å². The fourth-order valence-electron chi connectivity index (χ4n) is 0.764. The van der Waals surface area contributed by atoms with Crippen LogP contribution in [-0.4, -0.2) is 37.9 Å². The number of carbonyl (C=O) groups excluding carboxylic acids is 3. The Kier molecular flexibility index (Phi) is 9.71. The minimum atomic E-state index is -1.19. The van der Waals surface area contributed by atoms with Crippen LogP contribution < -0.4 is 16.0 Å². The number of nitrogens with one attached hydrogen (secondary N) is 3. The standard InChI is InChI=1S/C8H14N3O3.Y/c1-4-5(12)11-6(7(13)9-2)8(14)10-3;/h4,6H,1-3H3,(H,9,13)(H,10,14)(H,11,12);/q-1;+3. The summed E-state index contributed by atoms with van der Waals surface area (Å²) in [5.41, 5.74) is 0. The smallest absolute Gasteiger partial charge is 0.362 e. The van der Waals surface area contributed by atoms with E-state index in [0.717, 1.165) is 0 Å². The van der Waals surface area contributed by atoms with Crippen LogP contribution in [0.4, 0.5) is 0 Å². The van der Waals surface area contributed by atoms with E-state index in [0.29, 0.717) is 0 Å². The van der Waals surface area contributed by atoms with Crippen molar-refractivity contribution in [3.05, 3.63) is 6.42 Å². The van der Waals surface area contributed by atoms with Crippen molar-refractivity contribution in [2.24, 2.45) is 0 Å². The van der Waals surface area contributed by atoms with E-state index in [1.165, 1.54) is 27.4 Å². The van der Waals surface area contributed by atoms with E-state index in [2.05, 4.69) is 16.0 Å². The second kappa shape index (κ2) is 8.67. The molecule has 0 aromatic heterocycles. The van der Waals surface area contributed by atoms with Gasteiger partial charge in [-0.15, -0.1) is 0 Å². The van der Waals surface area contributed by atoms with Gasteiger partial charge in [-0.25, -0.2) is 0 Å². The number of rotatable bonds is 4. The van der Waals surface area contributed by atoms with Crippen LogP contribution in [0.3, 0.4) is 0 Å². The molecule has 0 aromatic rings. The Balaban J connectivity index is 0. The van der Waals surface area contributed by atoms with Crippen LogP contribution in [-0.2, 0) is 47.1 Å². The Hall–Kier alpha value is -0.616. The number of likely N-dealkylation sites (N-methyl/N-ethyl adjacent to an activating group) is 2. The summed E-state index contributed by atoms with van der Waals surface area (Å²) in [4.78, 5) is 33.3. The SMILES string of the molecule is C[CH-]C(=O)NC(C(=O)NC)C(=O)NC.[Y+3]. The molecule has 7 heteroatoms. The minimum absolute atomic E-state index is 0. The van der Waals surface area contributed by atoms with Gasteiger partial charge in [-0.3, -0.25) is 9.59 Å². The molecule has 3 N–H and O–H groups in total. The Bertz CT molecular complexity index is 229. The molecule has 0 saturated carbocycles. The predicted molar refractivity (Wildman–Crippen MR) is 50.0 cm³/mol. The molecule has 0 heterocycles. The Labute approximate surface area is 114 Å². The van der Waals surface area contributed by atoms with Gasteiger partial charge in [0.05, 0.1) is 5.91 Å². The van der Waals surface area contributed by atoms with Crippen LogP contribution in [0.2, 0.25) is 0 Å². The van der Waals surface area contributed by atoms with E-state index in [-0.39, 0.29) is 32.7 Å². The second-order valence-corrected chi connectivity index (χ2v) is 2.46. The van der Waals surface area contributed by atoms with Crippen molar-refractivity contribution in [1.82, 2.24) is 16.0 Å². The summed E-state index contributed by atoms with van der Waals surface area (Å²) in [5, 5.41) is 6.81. The summed E-state index contributed by atoms with van der Waals surface area (Å²) >= 11 is 0. The van der Waals surface area contributed by atoms with Gasteiger partial charge in [0.25, 0.3) is 11.8 Å². The number of amides is 3. The number of hydrogen-bond acceptors (Lipinski definition) is 3. The first-order valence-corrected chi connectivity index (χ1v) is 4.09. The fourth-order valence-corrected chi connectivity index (χ4v) is 0.764. The molecule has 0 atom stereocenters. The number of carbonyl (C=O) groups is 3. The normalized spacial score (nSPS) is 8.53. The van der Waals surface area contributed by atoms with Crippen LogP contribution in [0.25, 0.3) is 0 Å². The van der Waals surface area contributed by atoms with Gasteiger partial charge in [-0.2, -0.15) is 6.92 Å². The molecular weight excluding hydrogens is 275 g/mol. The molecule has 0 aliphatic rings. The van der Waals surface area contributed by atoms with E-state index in [9.17, 15) is 14.4 Å². The topological polar surface area (TPSA) is 87.3 Å². The van der Waals surface area contributed by atoms with Crippen molar-refractivity contribution in [1.29, 1.82) is 0 Å². The fraction of sp³-hybridized carbons (Fsp3) is 0.500. The van der Waals surface area contributed by atoms with Crippen LogP contribution in [0, 0.1) is 6.42 Å². The average molecular weight is 289 g/mol.